The highest BCUT2D eigenvalue weighted by Gasteiger charge is 2.21. The topological polar surface area (TPSA) is 94.7 Å². The van der Waals surface area contributed by atoms with Crippen LogP contribution < -0.4 is 0 Å². The van der Waals surface area contributed by atoms with Crippen molar-refractivity contribution in [2.45, 2.75) is 87.0 Å². The lowest BCUT2D eigenvalue weighted by atomic mass is 10.0. The zero-order valence-electron chi connectivity index (χ0n) is 24.8. The maximum absolute atomic E-state index is 12.0. The van der Waals surface area contributed by atoms with E-state index in [4.69, 9.17) is 9.97 Å². The van der Waals surface area contributed by atoms with Crippen LogP contribution in [0.2, 0.25) is 0 Å². The van der Waals surface area contributed by atoms with Gasteiger partial charge < -0.3 is 15.1 Å². The molecule has 6 nitrogen and oxygen atoms in total. The van der Waals surface area contributed by atoms with E-state index in [0.29, 0.717) is 0 Å². The number of hydrogen-bond donors (Lipinski definition) is 3. The highest BCUT2D eigenvalue weighted by Crippen LogP contribution is 2.36. The second-order valence-corrected chi connectivity index (χ2v) is 10.7. The van der Waals surface area contributed by atoms with Gasteiger partial charge in [0, 0.05) is 22.1 Å². The molecule has 208 valence electrons. The minimum atomic E-state index is -0.841. The first-order valence-electron chi connectivity index (χ1n) is 14.6. The number of aromatic nitrogens is 4. The Kier molecular flexibility index (Phi) is 7.54. The molecular formula is C34H40N4O2. The summed E-state index contributed by atoms with van der Waals surface area (Å²) in [4.78, 5) is 29.5. The smallest absolute Gasteiger partial charge is 0.307 e. The third-order valence-electron chi connectivity index (χ3n) is 8.56. The summed E-state index contributed by atoms with van der Waals surface area (Å²) in [6.07, 6.45) is 4.24. The summed E-state index contributed by atoms with van der Waals surface area (Å²) in [5.41, 5.74) is 17.0. The van der Waals surface area contributed by atoms with Crippen molar-refractivity contribution in [3.05, 3.63) is 69.3 Å². The summed E-state index contributed by atoms with van der Waals surface area (Å²) in [6, 6.07) is 8.54. The van der Waals surface area contributed by atoms with Crippen LogP contribution in [0.1, 0.15) is 106 Å². The molecule has 2 aliphatic rings. The molecule has 0 unspecified atom stereocenters. The lowest BCUT2D eigenvalue weighted by Crippen LogP contribution is -2.01. The number of nitrogens with one attached hydrogen (secondary N) is 2. The maximum atomic E-state index is 12.0. The van der Waals surface area contributed by atoms with Gasteiger partial charge in [0.2, 0.25) is 0 Å². The predicted molar refractivity (Wildman–Crippen MR) is 166 cm³/mol. The Labute approximate surface area is 236 Å². The molecule has 0 saturated carbocycles. The van der Waals surface area contributed by atoms with E-state index < -0.39 is 5.97 Å². The molecule has 2 aliphatic heterocycles. The van der Waals surface area contributed by atoms with Gasteiger partial charge in [-0.2, -0.15) is 0 Å². The Morgan fingerprint density at radius 3 is 1.30 bits per heavy atom. The van der Waals surface area contributed by atoms with Crippen LogP contribution in [0.4, 0.5) is 0 Å². The third-order valence-corrected chi connectivity index (χ3v) is 8.56. The number of aryl methyl sites for hydroxylation is 3. The number of fused-ring (bicyclic) bond motifs is 8. The number of carboxylic acid groups (broad SMARTS) is 1. The Balaban J connectivity index is 2.01. The van der Waals surface area contributed by atoms with Gasteiger partial charge in [0.05, 0.1) is 29.2 Å². The maximum Gasteiger partial charge on any atom is 0.307 e. The van der Waals surface area contributed by atoms with E-state index in [0.717, 1.165) is 93.6 Å². The molecule has 0 saturated heterocycles. The number of allylic oxidation sites excluding steroid dienone is 4. The van der Waals surface area contributed by atoms with Gasteiger partial charge in [-0.15, -0.1) is 0 Å². The minimum absolute atomic E-state index is 0.0444. The van der Waals surface area contributed by atoms with Gasteiger partial charge >= 0.3 is 5.97 Å². The second-order valence-electron chi connectivity index (χ2n) is 10.7. The Hall–Kier alpha value is -3.93. The van der Waals surface area contributed by atoms with Crippen LogP contribution >= 0.6 is 0 Å². The average Bonchev–Trinajstić information content (AvgIpc) is 3.60. The summed E-state index contributed by atoms with van der Waals surface area (Å²) in [5.74, 6) is -0.841. The van der Waals surface area contributed by atoms with Gasteiger partial charge in [-0.05, 0) is 115 Å². The van der Waals surface area contributed by atoms with Crippen molar-refractivity contribution >= 4 is 50.3 Å². The molecular weight excluding hydrogens is 496 g/mol. The molecule has 5 heterocycles. The largest absolute Gasteiger partial charge is 0.481 e. The predicted octanol–water partition coefficient (Wildman–Crippen LogP) is 8.31. The van der Waals surface area contributed by atoms with E-state index in [1.54, 1.807) is 0 Å². The summed E-state index contributed by atoms with van der Waals surface area (Å²) in [6.45, 7) is 15.1. The Morgan fingerprint density at radius 1 is 0.600 bits per heavy atom. The molecule has 3 aromatic heterocycles. The van der Waals surface area contributed by atoms with Gasteiger partial charge in [-0.3, -0.25) is 4.79 Å². The van der Waals surface area contributed by atoms with Crippen LogP contribution in [0.5, 0.6) is 0 Å². The lowest BCUT2D eigenvalue weighted by molar-refractivity contribution is -0.136. The van der Waals surface area contributed by atoms with Gasteiger partial charge in [-0.25, -0.2) is 9.97 Å². The molecule has 3 N–H and O–H groups in total. The van der Waals surface area contributed by atoms with Crippen molar-refractivity contribution in [1.29, 1.82) is 0 Å². The summed E-state index contributed by atoms with van der Waals surface area (Å²) in [5, 5.41) is 9.82. The highest BCUT2D eigenvalue weighted by atomic mass is 16.4. The van der Waals surface area contributed by atoms with E-state index in [9.17, 15) is 9.90 Å². The number of H-pyrrole nitrogens is 2. The minimum Gasteiger partial charge on any atom is -0.481 e. The molecule has 0 aliphatic carbocycles. The first-order valence-corrected chi connectivity index (χ1v) is 14.6. The van der Waals surface area contributed by atoms with Crippen LogP contribution in [0, 0.1) is 0 Å². The number of hydrogen-bond acceptors (Lipinski definition) is 3. The molecule has 0 amide bonds. The number of aliphatic carboxylic acids is 1. The van der Waals surface area contributed by atoms with E-state index in [1.165, 1.54) is 27.8 Å². The molecule has 40 heavy (non-hydrogen) atoms. The second kappa shape index (κ2) is 10.9. The van der Waals surface area contributed by atoms with E-state index >= 15 is 0 Å². The monoisotopic (exact) mass is 536 g/mol. The van der Waals surface area contributed by atoms with Gasteiger partial charge in [-0.1, -0.05) is 34.6 Å². The summed E-state index contributed by atoms with van der Waals surface area (Å²) < 4.78 is 0. The summed E-state index contributed by atoms with van der Waals surface area (Å²) >= 11 is 0. The van der Waals surface area contributed by atoms with E-state index in [-0.39, 0.29) is 6.42 Å². The van der Waals surface area contributed by atoms with Crippen LogP contribution in [-0.4, -0.2) is 31.0 Å². The SMILES string of the molecule is CCC1=C(C)c2cc3[nH]c(cc4nc(cc5[nH]c(cc1n2)c(CC)c5CC(=O)O)C(CC)=C4C)c(CC)c3CC. The van der Waals surface area contributed by atoms with Crippen molar-refractivity contribution in [3.63, 3.8) is 0 Å². The Morgan fingerprint density at radius 2 is 0.950 bits per heavy atom. The van der Waals surface area contributed by atoms with Crippen molar-refractivity contribution in [2.75, 3.05) is 0 Å². The summed E-state index contributed by atoms with van der Waals surface area (Å²) in [7, 11) is 0. The van der Waals surface area contributed by atoms with Crippen LogP contribution in [0.25, 0.3) is 44.4 Å². The van der Waals surface area contributed by atoms with Gasteiger partial charge in [0.1, 0.15) is 0 Å². The zero-order valence-corrected chi connectivity index (χ0v) is 24.8. The third kappa shape index (κ3) is 4.59. The van der Waals surface area contributed by atoms with E-state index in [1.807, 2.05) is 6.07 Å². The number of carboxylic acids is 1. The van der Waals surface area contributed by atoms with Gasteiger partial charge in [0.15, 0.2) is 0 Å². The van der Waals surface area contributed by atoms with Crippen molar-refractivity contribution in [2.24, 2.45) is 0 Å². The number of aromatic amines is 2. The van der Waals surface area contributed by atoms with Gasteiger partial charge in [0.25, 0.3) is 0 Å². The van der Waals surface area contributed by atoms with Crippen LogP contribution in [-0.2, 0) is 30.5 Å². The first kappa shape index (κ1) is 27.6. The van der Waals surface area contributed by atoms with Crippen molar-refractivity contribution in [3.8, 4) is 0 Å². The quantitative estimate of drug-likeness (QED) is 0.283. The highest BCUT2D eigenvalue weighted by molar-refractivity contribution is 5.95. The zero-order chi connectivity index (χ0) is 28.7. The standard InChI is InChI=1S/C34H40N4O2/c1-8-20-18(6)26-14-30-22(10-3)23(11-4)31(37-30)15-27-19(7)21(9-2)29(36-27)17-33-25(13-34(39)40)24(12-5)32(38-33)16-28(20)35-26/h14-17,37-38H,8-13H2,1-7H3,(H,39,40). The lowest BCUT2D eigenvalue weighted by Gasteiger charge is -2.02. The first-order chi connectivity index (χ1) is 19.2. The fourth-order valence-corrected chi connectivity index (χ4v) is 6.51. The van der Waals surface area contributed by atoms with Crippen LogP contribution in [0.3, 0.4) is 0 Å². The molecule has 6 heteroatoms. The fourth-order valence-electron chi connectivity index (χ4n) is 6.51. The fraction of sp³-hybridized carbons (Fsp3) is 0.382. The molecule has 5 rings (SSSR count). The molecule has 0 atom stereocenters. The molecule has 0 spiro atoms. The number of nitrogens with zero attached hydrogens (tertiary/aromatic N) is 2. The number of carbonyl (C=O) groups is 1. The number of rotatable bonds is 7. The normalized spacial score (nSPS) is 13.5. The molecule has 0 fully saturated rings. The average molecular weight is 537 g/mol. The van der Waals surface area contributed by atoms with Crippen molar-refractivity contribution in [1.82, 2.24) is 19.9 Å². The molecule has 0 radical (unpaired) electrons. The molecule has 3 aromatic rings. The Bertz CT molecular complexity index is 1750. The molecule has 8 bridgehead atoms. The van der Waals surface area contributed by atoms with Crippen LogP contribution in [0.15, 0.2) is 24.3 Å². The van der Waals surface area contributed by atoms with Crippen molar-refractivity contribution < 1.29 is 9.90 Å². The molecule has 0 aromatic carbocycles. The van der Waals surface area contributed by atoms with E-state index in [2.05, 4.69) is 76.6 Å².